The number of hydrogen-bond donors (Lipinski definition) is 2. The molecule has 3 rings (SSSR count). The number of likely N-dealkylation sites (N-methyl/N-ethyl adjacent to an activating group) is 1. The normalized spacial score (nSPS) is 25.9. The van der Waals surface area contributed by atoms with Gasteiger partial charge in [0.25, 0.3) is 0 Å². The van der Waals surface area contributed by atoms with E-state index in [0.717, 1.165) is 51.1 Å². The topological polar surface area (TPSA) is 79.5 Å². The first-order valence-corrected chi connectivity index (χ1v) is 11.7. The second-order valence-corrected chi connectivity index (χ2v) is 11.5. The minimum atomic E-state index is -0.476. The Hall–Kier alpha value is -1.60. The summed E-state index contributed by atoms with van der Waals surface area (Å²) in [6.45, 7) is 15.3. The van der Waals surface area contributed by atoms with Gasteiger partial charge in [0.2, 0.25) is 0 Å². The zero-order valence-electron chi connectivity index (χ0n) is 20.6. The van der Waals surface area contributed by atoms with Crippen molar-refractivity contribution in [1.82, 2.24) is 20.4 Å². The minimum Gasteiger partial charge on any atom is -0.444 e. The molecule has 1 saturated carbocycles. The van der Waals surface area contributed by atoms with Crippen LogP contribution in [0.4, 0.5) is 4.79 Å². The number of amides is 1. The van der Waals surface area contributed by atoms with Gasteiger partial charge < -0.3 is 19.7 Å². The van der Waals surface area contributed by atoms with Crippen LogP contribution in [0.15, 0.2) is 0 Å². The summed E-state index contributed by atoms with van der Waals surface area (Å²) in [4.78, 5) is 14.1. The van der Waals surface area contributed by atoms with Crippen LogP contribution in [0, 0.1) is 12.3 Å². The van der Waals surface area contributed by atoms with E-state index in [4.69, 9.17) is 14.6 Å². The van der Waals surface area contributed by atoms with E-state index in [9.17, 15) is 4.79 Å². The maximum atomic E-state index is 11.8. The number of aromatic nitrogens is 2. The van der Waals surface area contributed by atoms with Crippen molar-refractivity contribution in [3.05, 3.63) is 17.0 Å². The van der Waals surface area contributed by atoms with Crippen LogP contribution in [0.3, 0.4) is 0 Å². The molecule has 1 aliphatic heterocycles. The van der Waals surface area contributed by atoms with Gasteiger partial charge in [-0.15, -0.1) is 0 Å². The summed E-state index contributed by atoms with van der Waals surface area (Å²) in [5.74, 6) is 0.492. The number of aryl methyl sites for hydroxylation is 1. The van der Waals surface area contributed by atoms with Gasteiger partial charge >= 0.3 is 6.09 Å². The zero-order valence-corrected chi connectivity index (χ0v) is 20.6. The van der Waals surface area contributed by atoms with Crippen molar-refractivity contribution in [2.45, 2.75) is 97.3 Å². The molecule has 1 amide bonds. The van der Waals surface area contributed by atoms with E-state index < -0.39 is 5.60 Å². The number of carbonyl (C=O) groups is 1. The lowest BCUT2D eigenvalue weighted by atomic mass is 9.72. The Morgan fingerprint density at radius 2 is 2.00 bits per heavy atom. The Morgan fingerprint density at radius 1 is 1.32 bits per heavy atom. The van der Waals surface area contributed by atoms with Gasteiger partial charge in [-0.25, -0.2) is 4.79 Å². The molecule has 7 nitrogen and oxygen atoms in total. The van der Waals surface area contributed by atoms with Crippen molar-refractivity contribution in [2.75, 3.05) is 26.7 Å². The van der Waals surface area contributed by atoms with Crippen molar-refractivity contribution in [1.29, 1.82) is 0 Å². The molecule has 0 radical (unpaired) electrons. The summed E-state index contributed by atoms with van der Waals surface area (Å²) in [5, 5.41) is 10.8. The van der Waals surface area contributed by atoms with Crippen molar-refractivity contribution in [3.8, 4) is 0 Å². The molecule has 0 atom stereocenters. The van der Waals surface area contributed by atoms with E-state index in [1.54, 1.807) is 0 Å². The van der Waals surface area contributed by atoms with Crippen molar-refractivity contribution >= 4 is 6.09 Å². The van der Waals surface area contributed by atoms with Gasteiger partial charge in [-0.05, 0) is 72.3 Å². The summed E-state index contributed by atoms with van der Waals surface area (Å²) in [6, 6.07) is 0. The summed E-state index contributed by atoms with van der Waals surface area (Å²) in [7, 11) is 2.08. The van der Waals surface area contributed by atoms with Crippen LogP contribution in [0.25, 0.3) is 0 Å². The van der Waals surface area contributed by atoms with E-state index >= 15 is 0 Å². The number of hydrogen-bond acceptors (Lipinski definition) is 5. The second kappa shape index (κ2) is 9.10. The van der Waals surface area contributed by atoms with Crippen LogP contribution < -0.4 is 5.32 Å². The third-order valence-electron chi connectivity index (χ3n) is 6.55. The lowest BCUT2D eigenvalue weighted by Gasteiger charge is -2.37. The molecule has 2 N–H and O–H groups in total. The quantitative estimate of drug-likeness (QED) is 0.688. The molecule has 1 spiro atoms. The van der Waals surface area contributed by atoms with Crippen LogP contribution in [0.2, 0.25) is 0 Å². The molecule has 7 heteroatoms. The standard InChI is InChI=1S/C24H42N4O3/c1-17-19(14-28(7)13-12-25-21(29)31-22(2,3)4)20(27-26-17)18-8-10-24(11-9-18)15-23(5,6)16-30-24/h18H,8-16H2,1-7H3,(H,25,29)(H,26,27)/t18-,24+. The SMILES string of the molecule is Cc1[nH]nc([C@H]2CC[C@@]3(CC2)CC(C)(C)CO3)c1CN(C)CCNC(=O)OC(C)(C)C. The number of nitrogens with one attached hydrogen (secondary N) is 2. The Bertz CT molecular complexity index is 757. The smallest absolute Gasteiger partial charge is 0.407 e. The fourth-order valence-electron chi connectivity index (χ4n) is 5.08. The van der Waals surface area contributed by atoms with Crippen LogP contribution in [0.1, 0.15) is 89.6 Å². The molecule has 2 aliphatic rings. The number of carbonyl (C=O) groups excluding carboxylic acids is 1. The molecular formula is C24H42N4O3. The predicted molar refractivity (Wildman–Crippen MR) is 122 cm³/mol. The first kappa shape index (κ1) is 24.1. The second-order valence-electron chi connectivity index (χ2n) is 11.5. The molecule has 1 saturated heterocycles. The molecule has 1 aromatic rings. The largest absolute Gasteiger partial charge is 0.444 e. The van der Waals surface area contributed by atoms with Gasteiger partial charge in [0.1, 0.15) is 5.60 Å². The van der Waals surface area contributed by atoms with E-state index in [0.29, 0.717) is 17.9 Å². The predicted octanol–water partition coefficient (Wildman–Crippen LogP) is 4.52. The molecular weight excluding hydrogens is 392 g/mol. The van der Waals surface area contributed by atoms with E-state index in [-0.39, 0.29) is 11.7 Å². The zero-order chi connectivity index (χ0) is 22.9. The number of ether oxygens (including phenoxy) is 2. The summed E-state index contributed by atoms with van der Waals surface area (Å²) in [6.07, 6.45) is 5.33. The highest BCUT2D eigenvalue weighted by Crippen LogP contribution is 2.50. The monoisotopic (exact) mass is 434 g/mol. The van der Waals surface area contributed by atoms with E-state index in [1.165, 1.54) is 17.7 Å². The number of rotatable bonds is 6. The van der Waals surface area contributed by atoms with Crippen molar-refractivity contribution < 1.29 is 14.3 Å². The Labute approximate surface area is 187 Å². The van der Waals surface area contributed by atoms with Crippen LogP contribution in [0.5, 0.6) is 0 Å². The lowest BCUT2D eigenvalue weighted by Crippen LogP contribution is -2.37. The highest BCUT2D eigenvalue weighted by atomic mass is 16.6. The summed E-state index contributed by atoms with van der Waals surface area (Å²) in [5.41, 5.74) is 3.58. The molecule has 2 fully saturated rings. The fourth-order valence-corrected chi connectivity index (χ4v) is 5.08. The van der Waals surface area contributed by atoms with Crippen LogP contribution >= 0.6 is 0 Å². The summed E-state index contributed by atoms with van der Waals surface area (Å²) >= 11 is 0. The number of H-pyrrole nitrogens is 1. The molecule has 31 heavy (non-hydrogen) atoms. The summed E-state index contributed by atoms with van der Waals surface area (Å²) < 4.78 is 11.6. The van der Waals surface area contributed by atoms with Gasteiger partial charge in [0.05, 0.1) is 17.9 Å². The molecule has 176 valence electrons. The molecule has 1 aliphatic carbocycles. The van der Waals surface area contributed by atoms with Crippen molar-refractivity contribution in [2.24, 2.45) is 5.41 Å². The minimum absolute atomic E-state index is 0.0929. The Morgan fingerprint density at radius 3 is 2.58 bits per heavy atom. The molecule has 0 aromatic carbocycles. The molecule has 0 unspecified atom stereocenters. The van der Waals surface area contributed by atoms with Crippen LogP contribution in [-0.2, 0) is 16.0 Å². The molecule has 2 heterocycles. The highest BCUT2D eigenvalue weighted by Gasteiger charge is 2.46. The Kier molecular flexibility index (Phi) is 7.06. The highest BCUT2D eigenvalue weighted by molar-refractivity contribution is 5.67. The first-order valence-electron chi connectivity index (χ1n) is 11.7. The van der Waals surface area contributed by atoms with Gasteiger partial charge in [0.15, 0.2) is 0 Å². The van der Waals surface area contributed by atoms with Crippen molar-refractivity contribution in [3.63, 3.8) is 0 Å². The fraction of sp³-hybridized carbons (Fsp3) is 0.833. The maximum absolute atomic E-state index is 11.8. The van der Waals surface area contributed by atoms with E-state index in [1.807, 2.05) is 20.8 Å². The van der Waals surface area contributed by atoms with Gasteiger partial charge in [-0.3, -0.25) is 5.10 Å². The molecule has 1 aromatic heterocycles. The average Bonchev–Trinajstić information content (AvgIpc) is 3.14. The van der Waals surface area contributed by atoms with Crippen LogP contribution in [-0.4, -0.2) is 59.1 Å². The third-order valence-corrected chi connectivity index (χ3v) is 6.55. The van der Waals surface area contributed by atoms with Gasteiger partial charge in [0, 0.05) is 36.8 Å². The van der Waals surface area contributed by atoms with Gasteiger partial charge in [-0.1, -0.05) is 13.8 Å². The number of alkyl carbamates (subject to hydrolysis) is 1. The van der Waals surface area contributed by atoms with E-state index in [2.05, 4.69) is 43.1 Å². The maximum Gasteiger partial charge on any atom is 0.407 e. The number of aromatic amines is 1. The lowest BCUT2D eigenvalue weighted by molar-refractivity contribution is -0.0296. The van der Waals surface area contributed by atoms with Gasteiger partial charge in [-0.2, -0.15) is 5.10 Å². The average molecular weight is 435 g/mol. The third kappa shape index (κ3) is 6.45. The first-order chi connectivity index (χ1) is 14.4. The Balaban J connectivity index is 1.51. The molecule has 0 bridgehead atoms. The number of nitrogens with zero attached hydrogens (tertiary/aromatic N) is 2.